The molecule has 0 radical (unpaired) electrons. The number of rotatable bonds is 2. The van der Waals surface area contributed by atoms with Crippen LogP contribution in [0.3, 0.4) is 0 Å². The second-order valence-corrected chi connectivity index (χ2v) is 5.65. The Kier molecular flexibility index (Phi) is 3.41. The monoisotopic (exact) mass is 298 g/mol. The van der Waals surface area contributed by atoms with Crippen LogP contribution in [0, 0.1) is 11.6 Å². The predicted molar refractivity (Wildman–Crippen MR) is 71.2 cm³/mol. The van der Waals surface area contributed by atoms with Crippen molar-refractivity contribution >= 4 is 23.4 Å². The van der Waals surface area contributed by atoms with Gasteiger partial charge in [-0.2, -0.15) is 11.8 Å². The van der Waals surface area contributed by atoms with E-state index in [0.717, 1.165) is 28.8 Å². The van der Waals surface area contributed by atoms with Crippen molar-refractivity contribution in [2.24, 2.45) is 0 Å². The number of thioether (sulfide) groups is 1. The highest BCUT2D eigenvalue weighted by atomic mass is 35.5. The maximum absolute atomic E-state index is 13.1. The minimum Gasteiger partial charge on any atom is -0.236 e. The van der Waals surface area contributed by atoms with Gasteiger partial charge in [-0.15, -0.1) is 0 Å². The topological polar surface area (TPSA) is 25.8 Å². The molecule has 6 heteroatoms. The van der Waals surface area contributed by atoms with Crippen LogP contribution in [0.5, 0.6) is 0 Å². The zero-order valence-electron chi connectivity index (χ0n) is 9.79. The van der Waals surface area contributed by atoms with Crippen molar-refractivity contribution in [2.75, 3.05) is 0 Å². The van der Waals surface area contributed by atoms with Crippen LogP contribution in [-0.4, -0.2) is 9.97 Å². The van der Waals surface area contributed by atoms with Gasteiger partial charge >= 0.3 is 0 Å². The van der Waals surface area contributed by atoms with E-state index in [1.54, 1.807) is 11.8 Å². The lowest BCUT2D eigenvalue weighted by molar-refractivity contribution is 0.580. The number of aromatic nitrogens is 2. The van der Waals surface area contributed by atoms with Gasteiger partial charge in [-0.3, -0.25) is 0 Å². The summed E-state index contributed by atoms with van der Waals surface area (Å²) in [5, 5.41) is 0.446. The molecule has 1 aromatic heterocycles. The zero-order valence-corrected chi connectivity index (χ0v) is 11.4. The summed E-state index contributed by atoms with van der Waals surface area (Å²) in [6.45, 7) is 0. The van der Waals surface area contributed by atoms with Crippen molar-refractivity contribution < 1.29 is 8.78 Å². The van der Waals surface area contributed by atoms with E-state index in [9.17, 15) is 8.78 Å². The average molecular weight is 299 g/mol. The Balaban J connectivity index is 1.93. The van der Waals surface area contributed by atoms with E-state index in [1.165, 1.54) is 12.1 Å². The zero-order chi connectivity index (χ0) is 13.4. The first-order chi connectivity index (χ1) is 9.11. The first kappa shape index (κ1) is 12.8. The van der Waals surface area contributed by atoms with Gasteiger partial charge < -0.3 is 0 Å². The van der Waals surface area contributed by atoms with Gasteiger partial charge in [0, 0.05) is 29.6 Å². The van der Waals surface area contributed by atoms with Gasteiger partial charge in [0.2, 0.25) is 0 Å². The van der Waals surface area contributed by atoms with Crippen LogP contribution in [0.15, 0.2) is 18.2 Å². The SMILES string of the molecule is Fc1cc(F)cc(Cc2nc(Cl)c3c(n2)CSC3)c1. The van der Waals surface area contributed by atoms with E-state index in [1.807, 2.05) is 0 Å². The molecule has 2 nitrogen and oxygen atoms in total. The highest BCUT2D eigenvalue weighted by Gasteiger charge is 2.18. The molecular weight excluding hydrogens is 290 g/mol. The molecule has 0 bridgehead atoms. The third kappa shape index (κ3) is 2.72. The summed E-state index contributed by atoms with van der Waals surface area (Å²) >= 11 is 7.82. The molecule has 98 valence electrons. The normalized spacial score (nSPS) is 13.6. The lowest BCUT2D eigenvalue weighted by atomic mass is 10.1. The molecule has 0 atom stereocenters. The van der Waals surface area contributed by atoms with Gasteiger partial charge in [-0.25, -0.2) is 18.7 Å². The molecule has 0 spiro atoms. The summed E-state index contributed by atoms with van der Waals surface area (Å²) < 4.78 is 26.2. The first-order valence-electron chi connectivity index (χ1n) is 5.68. The first-order valence-corrected chi connectivity index (χ1v) is 7.22. The maximum Gasteiger partial charge on any atom is 0.137 e. The summed E-state index contributed by atoms with van der Waals surface area (Å²) in [5.41, 5.74) is 2.40. The van der Waals surface area contributed by atoms with E-state index in [4.69, 9.17) is 11.6 Å². The minimum absolute atomic E-state index is 0.270. The van der Waals surface area contributed by atoms with Crippen LogP contribution in [0.2, 0.25) is 5.15 Å². The number of halogens is 3. The Hall–Kier alpha value is -1.20. The smallest absolute Gasteiger partial charge is 0.137 e. The molecule has 0 saturated heterocycles. The van der Waals surface area contributed by atoms with Crippen LogP contribution in [0.4, 0.5) is 8.78 Å². The minimum atomic E-state index is -0.599. The second-order valence-electron chi connectivity index (χ2n) is 4.30. The molecule has 1 aromatic carbocycles. The summed E-state index contributed by atoms with van der Waals surface area (Å²) in [4.78, 5) is 8.60. The van der Waals surface area contributed by atoms with Gasteiger partial charge in [0.15, 0.2) is 0 Å². The van der Waals surface area contributed by atoms with Crippen molar-refractivity contribution in [3.63, 3.8) is 0 Å². The van der Waals surface area contributed by atoms with E-state index < -0.39 is 11.6 Å². The third-order valence-corrected chi connectivity index (χ3v) is 4.14. The van der Waals surface area contributed by atoms with Crippen molar-refractivity contribution in [1.29, 1.82) is 0 Å². The van der Waals surface area contributed by atoms with Crippen molar-refractivity contribution in [2.45, 2.75) is 17.9 Å². The van der Waals surface area contributed by atoms with Crippen molar-refractivity contribution in [3.8, 4) is 0 Å². The van der Waals surface area contributed by atoms with Gasteiger partial charge in [0.25, 0.3) is 0 Å². The standard InChI is InChI=1S/C13H9ClF2N2S/c14-13-10-5-19-6-11(10)17-12(18-13)3-7-1-8(15)4-9(16)2-7/h1-2,4H,3,5-6H2. The summed E-state index contributed by atoms with van der Waals surface area (Å²) in [6.07, 6.45) is 0.270. The van der Waals surface area contributed by atoms with Crippen LogP contribution in [0.25, 0.3) is 0 Å². The quantitative estimate of drug-likeness (QED) is 0.790. The lowest BCUT2D eigenvalue weighted by Gasteiger charge is -2.05. The highest BCUT2D eigenvalue weighted by molar-refractivity contribution is 7.98. The fourth-order valence-electron chi connectivity index (χ4n) is 2.03. The van der Waals surface area contributed by atoms with Gasteiger partial charge in [0.05, 0.1) is 5.69 Å². The van der Waals surface area contributed by atoms with E-state index in [-0.39, 0.29) is 6.42 Å². The molecule has 0 fully saturated rings. The molecule has 0 amide bonds. The summed E-state index contributed by atoms with van der Waals surface area (Å²) in [6, 6.07) is 3.40. The second kappa shape index (κ2) is 5.06. The summed E-state index contributed by atoms with van der Waals surface area (Å²) in [5.74, 6) is 0.928. The van der Waals surface area contributed by atoms with Gasteiger partial charge in [0.1, 0.15) is 22.6 Å². The van der Waals surface area contributed by atoms with Crippen LogP contribution in [0.1, 0.15) is 22.6 Å². The Morgan fingerprint density at radius 2 is 1.84 bits per heavy atom. The van der Waals surface area contributed by atoms with E-state index in [2.05, 4.69) is 9.97 Å². The molecule has 0 unspecified atom stereocenters. The van der Waals surface area contributed by atoms with Crippen molar-refractivity contribution in [1.82, 2.24) is 9.97 Å². The fourth-order valence-corrected chi connectivity index (χ4v) is 3.43. The number of benzene rings is 1. The summed E-state index contributed by atoms with van der Waals surface area (Å²) in [7, 11) is 0. The molecule has 0 saturated carbocycles. The number of fused-ring (bicyclic) bond motifs is 1. The molecule has 2 heterocycles. The molecule has 2 aromatic rings. The molecule has 3 rings (SSSR count). The van der Waals surface area contributed by atoms with E-state index >= 15 is 0 Å². The van der Waals surface area contributed by atoms with Crippen LogP contribution in [-0.2, 0) is 17.9 Å². The Morgan fingerprint density at radius 3 is 2.58 bits per heavy atom. The molecule has 1 aliphatic heterocycles. The fraction of sp³-hybridized carbons (Fsp3) is 0.231. The molecule has 1 aliphatic rings. The maximum atomic E-state index is 13.1. The number of hydrogen-bond acceptors (Lipinski definition) is 3. The molecule has 0 aliphatic carbocycles. The molecular formula is C13H9ClF2N2S. The van der Waals surface area contributed by atoms with Gasteiger partial charge in [-0.1, -0.05) is 11.6 Å². The van der Waals surface area contributed by atoms with Gasteiger partial charge in [-0.05, 0) is 17.7 Å². The molecule has 0 N–H and O–H groups in total. The number of hydrogen-bond donors (Lipinski definition) is 0. The van der Waals surface area contributed by atoms with Crippen LogP contribution < -0.4 is 0 Å². The third-order valence-electron chi connectivity index (χ3n) is 2.86. The highest BCUT2D eigenvalue weighted by Crippen LogP contribution is 2.32. The largest absolute Gasteiger partial charge is 0.236 e. The number of nitrogens with zero attached hydrogens (tertiary/aromatic N) is 2. The predicted octanol–water partition coefficient (Wildman–Crippen LogP) is 3.75. The lowest BCUT2D eigenvalue weighted by Crippen LogP contribution is -2.02. The molecule has 19 heavy (non-hydrogen) atoms. The Morgan fingerprint density at radius 1 is 1.11 bits per heavy atom. The van der Waals surface area contributed by atoms with Crippen LogP contribution >= 0.6 is 23.4 Å². The van der Waals surface area contributed by atoms with Crippen molar-refractivity contribution in [3.05, 3.63) is 57.6 Å². The van der Waals surface area contributed by atoms with E-state index in [0.29, 0.717) is 16.5 Å². The Labute approximate surface area is 118 Å². The Bertz CT molecular complexity index is 629. The average Bonchev–Trinajstić information content (AvgIpc) is 2.75.